The molecule has 1 saturated heterocycles. The van der Waals surface area contributed by atoms with Crippen molar-refractivity contribution in [3.05, 3.63) is 29.1 Å². The van der Waals surface area contributed by atoms with Crippen LogP contribution in [0.2, 0.25) is 0 Å². The van der Waals surface area contributed by atoms with E-state index in [0.717, 1.165) is 0 Å². The molecule has 0 bridgehead atoms. The first-order chi connectivity index (χ1) is 15.1. The minimum absolute atomic E-state index is 0.00711. The molecule has 0 spiro atoms. The third-order valence-corrected chi connectivity index (χ3v) is 4.35. The largest absolute Gasteiger partial charge is 0.461 e. The Hall–Kier alpha value is -3.12. The second-order valence-electron chi connectivity index (χ2n) is 8.11. The van der Waals surface area contributed by atoms with Gasteiger partial charge in [0.25, 0.3) is 0 Å². The molecule has 0 aromatic carbocycles. The van der Waals surface area contributed by atoms with Gasteiger partial charge in [0.1, 0.15) is 5.60 Å². The quantitative estimate of drug-likeness (QED) is 0.387. The van der Waals surface area contributed by atoms with E-state index in [4.69, 9.17) is 14.2 Å². The first-order valence-corrected chi connectivity index (χ1v) is 10.7. The molecule has 2 rings (SSSR count). The Balaban J connectivity index is 2.03. The van der Waals surface area contributed by atoms with E-state index in [1.165, 1.54) is 12.1 Å². The summed E-state index contributed by atoms with van der Waals surface area (Å²) >= 11 is 0. The predicted octanol–water partition coefficient (Wildman–Crippen LogP) is 2.34. The lowest BCUT2D eigenvalue weighted by Gasteiger charge is -2.34. The maximum Gasteiger partial charge on any atom is 0.410 e. The fraction of sp³-hybridized carbons (Fsp3) is 0.565. The van der Waals surface area contributed by atoms with E-state index in [9.17, 15) is 14.4 Å². The number of pyridine rings is 1. The number of rotatable bonds is 5. The molecule has 9 nitrogen and oxygen atoms in total. The van der Waals surface area contributed by atoms with Gasteiger partial charge < -0.3 is 19.1 Å². The van der Waals surface area contributed by atoms with E-state index in [1.54, 1.807) is 18.7 Å². The number of carbonyl (C=O) groups is 3. The van der Waals surface area contributed by atoms with Gasteiger partial charge in [-0.2, -0.15) is 0 Å². The van der Waals surface area contributed by atoms with Crippen molar-refractivity contribution in [3.63, 3.8) is 0 Å². The van der Waals surface area contributed by atoms with Crippen LogP contribution in [0.1, 0.15) is 61.2 Å². The summed E-state index contributed by atoms with van der Waals surface area (Å²) in [6.07, 6.45) is -0.307. The van der Waals surface area contributed by atoms with Crippen LogP contribution in [0.15, 0.2) is 12.1 Å². The molecule has 1 aliphatic rings. The number of hydrogen-bond acceptors (Lipinski definition) is 8. The van der Waals surface area contributed by atoms with Crippen molar-refractivity contribution in [2.75, 3.05) is 45.9 Å². The number of amides is 1. The molecular formula is C23H31N3O6. The van der Waals surface area contributed by atoms with Crippen LogP contribution < -0.4 is 0 Å². The summed E-state index contributed by atoms with van der Waals surface area (Å²) in [5, 5.41) is 0. The Bertz CT molecular complexity index is 853. The molecule has 0 atom stereocenters. The van der Waals surface area contributed by atoms with E-state index < -0.39 is 17.5 Å². The van der Waals surface area contributed by atoms with Crippen molar-refractivity contribution in [2.45, 2.75) is 40.2 Å². The zero-order valence-electron chi connectivity index (χ0n) is 19.4. The van der Waals surface area contributed by atoms with Crippen LogP contribution >= 0.6 is 0 Å². The SMILES string of the molecule is CCOC(=O)c1cc(C#CCN2CCN(C(=O)OC(C)(C)C)CC2)cc(C(=O)OCC)n1. The summed E-state index contributed by atoms with van der Waals surface area (Å²) in [5.41, 5.74) is -0.0338. The molecular weight excluding hydrogens is 414 g/mol. The van der Waals surface area contributed by atoms with Crippen molar-refractivity contribution in [1.29, 1.82) is 0 Å². The molecule has 174 valence electrons. The zero-order valence-corrected chi connectivity index (χ0v) is 19.4. The molecule has 1 aliphatic heterocycles. The monoisotopic (exact) mass is 445 g/mol. The highest BCUT2D eigenvalue weighted by Crippen LogP contribution is 2.12. The van der Waals surface area contributed by atoms with Crippen LogP contribution in [0.25, 0.3) is 0 Å². The third kappa shape index (κ3) is 7.85. The summed E-state index contributed by atoms with van der Waals surface area (Å²) in [6, 6.07) is 2.99. The summed E-state index contributed by atoms with van der Waals surface area (Å²) in [5.74, 6) is 4.79. The van der Waals surface area contributed by atoms with Crippen molar-refractivity contribution >= 4 is 18.0 Å². The van der Waals surface area contributed by atoms with Crippen LogP contribution in [-0.4, -0.2) is 84.4 Å². The highest BCUT2D eigenvalue weighted by molar-refractivity contribution is 5.92. The molecule has 0 aliphatic carbocycles. The molecule has 2 heterocycles. The highest BCUT2D eigenvalue weighted by atomic mass is 16.6. The Morgan fingerprint density at radius 2 is 1.50 bits per heavy atom. The summed E-state index contributed by atoms with van der Waals surface area (Å²) in [6.45, 7) is 12.3. The molecule has 0 radical (unpaired) electrons. The number of piperazine rings is 1. The lowest BCUT2D eigenvalue weighted by atomic mass is 10.2. The van der Waals surface area contributed by atoms with Crippen LogP contribution in [0.4, 0.5) is 4.79 Å². The molecule has 1 amide bonds. The van der Waals surface area contributed by atoms with Gasteiger partial charge in [-0.1, -0.05) is 11.8 Å². The number of ether oxygens (including phenoxy) is 3. The fourth-order valence-corrected chi connectivity index (χ4v) is 2.89. The first-order valence-electron chi connectivity index (χ1n) is 10.7. The van der Waals surface area contributed by atoms with Crippen LogP contribution in [0, 0.1) is 11.8 Å². The van der Waals surface area contributed by atoms with Gasteiger partial charge >= 0.3 is 18.0 Å². The number of nitrogens with zero attached hydrogens (tertiary/aromatic N) is 3. The van der Waals surface area contributed by atoms with E-state index in [-0.39, 0.29) is 30.7 Å². The van der Waals surface area contributed by atoms with Crippen molar-refractivity contribution in [2.24, 2.45) is 0 Å². The lowest BCUT2D eigenvalue weighted by molar-refractivity contribution is 0.0155. The summed E-state index contributed by atoms with van der Waals surface area (Å²) in [4.78, 5) is 44.2. The zero-order chi connectivity index (χ0) is 23.7. The molecule has 0 saturated carbocycles. The molecule has 32 heavy (non-hydrogen) atoms. The number of hydrogen-bond donors (Lipinski definition) is 0. The van der Waals surface area contributed by atoms with Gasteiger partial charge in [0, 0.05) is 31.7 Å². The lowest BCUT2D eigenvalue weighted by Crippen LogP contribution is -2.50. The number of carbonyl (C=O) groups excluding carboxylic acids is 3. The van der Waals surface area contributed by atoms with Crippen molar-refractivity contribution < 1.29 is 28.6 Å². The van der Waals surface area contributed by atoms with E-state index in [1.807, 2.05) is 20.8 Å². The normalized spacial score (nSPS) is 14.2. The predicted molar refractivity (Wildman–Crippen MR) is 117 cm³/mol. The smallest absolute Gasteiger partial charge is 0.410 e. The first kappa shape index (κ1) is 25.1. The maximum atomic E-state index is 12.2. The van der Waals surface area contributed by atoms with Crippen LogP contribution in [0.3, 0.4) is 0 Å². The Labute approximate surface area is 189 Å². The van der Waals surface area contributed by atoms with Crippen molar-refractivity contribution in [1.82, 2.24) is 14.8 Å². The average Bonchev–Trinajstić information content (AvgIpc) is 2.73. The molecule has 0 unspecified atom stereocenters. The Morgan fingerprint density at radius 3 is 1.97 bits per heavy atom. The van der Waals surface area contributed by atoms with Gasteiger partial charge in [0.05, 0.1) is 19.8 Å². The maximum absolute atomic E-state index is 12.2. The van der Waals surface area contributed by atoms with Gasteiger partial charge in [-0.05, 0) is 46.8 Å². The number of aromatic nitrogens is 1. The minimum atomic E-state index is -0.625. The summed E-state index contributed by atoms with van der Waals surface area (Å²) < 4.78 is 15.4. The molecule has 1 fully saturated rings. The second-order valence-corrected chi connectivity index (χ2v) is 8.11. The van der Waals surface area contributed by atoms with Crippen LogP contribution in [0.5, 0.6) is 0 Å². The molecule has 9 heteroatoms. The topological polar surface area (TPSA) is 98.3 Å². The van der Waals surface area contributed by atoms with E-state index in [0.29, 0.717) is 38.3 Å². The van der Waals surface area contributed by atoms with Crippen LogP contribution in [-0.2, 0) is 14.2 Å². The summed E-state index contributed by atoms with van der Waals surface area (Å²) in [7, 11) is 0. The Morgan fingerprint density at radius 1 is 0.969 bits per heavy atom. The van der Waals surface area contributed by atoms with Gasteiger partial charge in [0.2, 0.25) is 0 Å². The second kappa shape index (κ2) is 11.5. The number of esters is 2. The molecule has 0 N–H and O–H groups in total. The van der Waals surface area contributed by atoms with Gasteiger partial charge in [0.15, 0.2) is 11.4 Å². The minimum Gasteiger partial charge on any atom is -0.461 e. The Kier molecular flexibility index (Phi) is 9.02. The van der Waals surface area contributed by atoms with E-state index >= 15 is 0 Å². The average molecular weight is 446 g/mol. The van der Waals surface area contributed by atoms with Crippen molar-refractivity contribution in [3.8, 4) is 11.8 Å². The van der Waals surface area contributed by atoms with Gasteiger partial charge in [-0.15, -0.1) is 0 Å². The van der Waals surface area contributed by atoms with Gasteiger partial charge in [-0.3, -0.25) is 4.90 Å². The van der Waals surface area contributed by atoms with E-state index in [2.05, 4.69) is 21.7 Å². The standard InChI is InChI=1S/C23H31N3O6/c1-6-30-20(27)18-15-17(16-19(24-18)21(28)31-7-2)9-8-10-25-11-13-26(14-12-25)22(29)32-23(3,4)5/h15-16H,6-7,10-14H2,1-5H3. The molecule has 1 aromatic rings. The molecule has 1 aromatic heterocycles. The fourth-order valence-electron chi connectivity index (χ4n) is 2.89. The highest BCUT2D eigenvalue weighted by Gasteiger charge is 2.25. The third-order valence-electron chi connectivity index (χ3n) is 4.35. The van der Waals surface area contributed by atoms with Gasteiger partial charge in [-0.25, -0.2) is 19.4 Å².